The summed E-state index contributed by atoms with van der Waals surface area (Å²) in [4.78, 5) is 12.5. The van der Waals surface area contributed by atoms with Gasteiger partial charge in [-0.1, -0.05) is 11.8 Å². The first-order valence-corrected chi connectivity index (χ1v) is 12.1. The molecule has 0 aliphatic rings. The van der Waals surface area contributed by atoms with Gasteiger partial charge in [-0.25, -0.2) is 5.43 Å². The lowest BCUT2D eigenvalue weighted by Crippen LogP contribution is -2.20. The third-order valence-electron chi connectivity index (χ3n) is 5.25. The Hall–Kier alpha value is -4.51. The number of phenols is 1. The van der Waals surface area contributed by atoms with E-state index < -0.39 is 0 Å². The van der Waals surface area contributed by atoms with Crippen molar-refractivity contribution in [1.82, 2.24) is 20.2 Å². The van der Waals surface area contributed by atoms with Gasteiger partial charge in [0.1, 0.15) is 11.5 Å². The molecule has 2 N–H and O–H groups in total. The molecule has 4 aromatic rings. The van der Waals surface area contributed by atoms with Gasteiger partial charge in [0.15, 0.2) is 22.5 Å². The molecule has 1 amide bonds. The first-order chi connectivity index (χ1) is 18.0. The SMILES string of the molecule is COc1ccc(-c2nnc(SCC(=O)N/N=C/c3ccc(O)c(OC)c3)n2-c2ccc(OC)cc2)cc1. The van der Waals surface area contributed by atoms with Crippen molar-refractivity contribution < 1.29 is 24.1 Å². The molecule has 0 aliphatic heterocycles. The number of nitrogens with one attached hydrogen (secondary N) is 1. The van der Waals surface area contributed by atoms with E-state index in [1.165, 1.54) is 31.2 Å². The zero-order valence-corrected chi connectivity index (χ0v) is 21.2. The number of aromatic nitrogens is 3. The van der Waals surface area contributed by atoms with Crippen molar-refractivity contribution in [3.05, 3.63) is 72.3 Å². The third-order valence-corrected chi connectivity index (χ3v) is 6.18. The fraction of sp³-hybridized carbons (Fsp3) is 0.154. The van der Waals surface area contributed by atoms with E-state index in [0.29, 0.717) is 22.3 Å². The number of aromatic hydroxyl groups is 1. The fourth-order valence-electron chi connectivity index (χ4n) is 3.37. The van der Waals surface area contributed by atoms with Crippen LogP contribution in [0.1, 0.15) is 5.56 Å². The molecule has 0 saturated carbocycles. The molecule has 0 bridgehead atoms. The molecule has 0 saturated heterocycles. The third kappa shape index (κ3) is 6.19. The second-order valence-electron chi connectivity index (χ2n) is 7.58. The van der Waals surface area contributed by atoms with Crippen molar-refractivity contribution >= 4 is 23.9 Å². The Kier molecular flexibility index (Phi) is 8.26. The van der Waals surface area contributed by atoms with Gasteiger partial charge in [-0.2, -0.15) is 5.10 Å². The van der Waals surface area contributed by atoms with Gasteiger partial charge in [0.05, 0.1) is 33.3 Å². The van der Waals surface area contributed by atoms with Crippen LogP contribution in [0.15, 0.2) is 77.0 Å². The number of nitrogens with zero attached hydrogens (tertiary/aromatic N) is 4. The average molecular weight is 520 g/mol. The van der Waals surface area contributed by atoms with Crippen molar-refractivity contribution in [3.63, 3.8) is 0 Å². The van der Waals surface area contributed by atoms with E-state index in [9.17, 15) is 9.90 Å². The molecule has 190 valence electrons. The van der Waals surface area contributed by atoms with Crippen LogP contribution in [0.2, 0.25) is 0 Å². The Morgan fingerprint density at radius 1 is 0.973 bits per heavy atom. The molecule has 4 rings (SSSR count). The topological polar surface area (TPSA) is 120 Å². The highest BCUT2D eigenvalue weighted by Crippen LogP contribution is 2.30. The molecule has 0 fully saturated rings. The number of benzene rings is 3. The number of thioether (sulfide) groups is 1. The highest BCUT2D eigenvalue weighted by molar-refractivity contribution is 7.99. The number of rotatable bonds is 10. The van der Waals surface area contributed by atoms with Gasteiger partial charge in [0, 0.05) is 11.3 Å². The Labute approximate surface area is 217 Å². The first-order valence-electron chi connectivity index (χ1n) is 11.1. The van der Waals surface area contributed by atoms with Crippen molar-refractivity contribution in [2.75, 3.05) is 27.1 Å². The zero-order chi connectivity index (χ0) is 26.2. The minimum Gasteiger partial charge on any atom is -0.504 e. The van der Waals surface area contributed by atoms with Crippen molar-refractivity contribution in [3.8, 4) is 40.1 Å². The summed E-state index contributed by atoms with van der Waals surface area (Å²) >= 11 is 1.23. The highest BCUT2D eigenvalue weighted by atomic mass is 32.2. The van der Waals surface area contributed by atoms with E-state index in [1.807, 2.05) is 53.1 Å². The Morgan fingerprint density at radius 3 is 2.30 bits per heavy atom. The van der Waals surface area contributed by atoms with Crippen LogP contribution >= 0.6 is 11.8 Å². The van der Waals surface area contributed by atoms with E-state index in [0.717, 1.165) is 22.7 Å². The molecule has 11 heteroatoms. The van der Waals surface area contributed by atoms with Crippen LogP contribution in [-0.2, 0) is 4.79 Å². The molecule has 1 heterocycles. The lowest BCUT2D eigenvalue weighted by molar-refractivity contribution is -0.118. The number of amides is 1. The molecular weight excluding hydrogens is 494 g/mol. The monoisotopic (exact) mass is 519 g/mol. The zero-order valence-electron chi connectivity index (χ0n) is 20.4. The first kappa shape index (κ1) is 25.6. The lowest BCUT2D eigenvalue weighted by atomic mass is 10.2. The van der Waals surface area contributed by atoms with Crippen LogP contribution in [0.4, 0.5) is 0 Å². The van der Waals surface area contributed by atoms with Crippen LogP contribution in [0, 0.1) is 0 Å². The van der Waals surface area contributed by atoms with Crippen LogP contribution in [0.3, 0.4) is 0 Å². The summed E-state index contributed by atoms with van der Waals surface area (Å²) < 4.78 is 17.5. The van der Waals surface area contributed by atoms with Crippen molar-refractivity contribution in [1.29, 1.82) is 0 Å². The number of ether oxygens (including phenoxy) is 3. The highest BCUT2D eigenvalue weighted by Gasteiger charge is 2.17. The Balaban J connectivity index is 1.51. The molecule has 0 spiro atoms. The van der Waals surface area contributed by atoms with Gasteiger partial charge >= 0.3 is 0 Å². The smallest absolute Gasteiger partial charge is 0.250 e. The Morgan fingerprint density at radius 2 is 1.65 bits per heavy atom. The maximum Gasteiger partial charge on any atom is 0.250 e. The maximum absolute atomic E-state index is 12.5. The molecule has 0 unspecified atom stereocenters. The summed E-state index contributed by atoms with van der Waals surface area (Å²) in [6.07, 6.45) is 1.46. The van der Waals surface area contributed by atoms with Gasteiger partial charge in [-0.05, 0) is 72.3 Å². The van der Waals surface area contributed by atoms with E-state index in [2.05, 4.69) is 20.7 Å². The predicted molar refractivity (Wildman–Crippen MR) is 141 cm³/mol. The molecular formula is C26H25N5O5S. The minimum absolute atomic E-state index is 0.0232. The van der Waals surface area contributed by atoms with Crippen LogP contribution < -0.4 is 19.6 Å². The van der Waals surface area contributed by atoms with Gasteiger partial charge in [-0.15, -0.1) is 10.2 Å². The lowest BCUT2D eigenvalue weighted by Gasteiger charge is -2.11. The predicted octanol–water partition coefficient (Wildman–Crippen LogP) is 3.91. The van der Waals surface area contributed by atoms with E-state index >= 15 is 0 Å². The molecule has 0 aliphatic carbocycles. The number of methoxy groups -OCH3 is 3. The molecule has 0 radical (unpaired) electrons. The van der Waals surface area contributed by atoms with Crippen molar-refractivity contribution in [2.45, 2.75) is 5.16 Å². The normalized spacial score (nSPS) is 10.9. The van der Waals surface area contributed by atoms with Gasteiger partial charge in [0.25, 0.3) is 5.91 Å². The van der Waals surface area contributed by atoms with Gasteiger partial charge in [-0.3, -0.25) is 9.36 Å². The second kappa shape index (κ2) is 12.0. The summed E-state index contributed by atoms with van der Waals surface area (Å²) in [6, 6.07) is 19.7. The second-order valence-corrected chi connectivity index (χ2v) is 8.52. The number of hydrogen-bond acceptors (Lipinski definition) is 9. The largest absolute Gasteiger partial charge is 0.504 e. The van der Waals surface area contributed by atoms with Crippen LogP contribution in [-0.4, -0.2) is 59.1 Å². The summed E-state index contributed by atoms with van der Waals surface area (Å²) in [5.41, 5.74) is 4.82. The molecule has 37 heavy (non-hydrogen) atoms. The molecule has 10 nitrogen and oxygen atoms in total. The minimum atomic E-state index is -0.317. The van der Waals surface area contributed by atoms with E-state index in [1.54, 1.807) is 26.4 Å². The van der Waals surface area contributed by atoms with E-state index in [-0.39, 0.29) is 17.4 Å². The van der Waals surface area contributed by atoms with Crippen molar-refractivity contribution in [2.24, 2.45) is 5.10 Å². The number of hydrazone groups is 1. The molecule has 0 atom stereocenters. The summed E-state index contributed by atoms with van der Waals surface area (Å²) in [5, 5.41) is 22.9. The number of carbonyl (C=O) groups is 1. The summed E-state index contributed by atoms with van der Waals surface area (Å²) in [7, 11) is 4.68. The van der Waals surface area contributed by atoms with Crippen LogP contribution in [0.25, 0.3) is 17.1 Å². The molecule has 1 aromatic heterocycles. The average Bonchev–Trinajstić information content (AvgIpc) is 3.36. The Bertz CT molecular complexity index is 1390. The van der Waals surface area contributed by atoms with Gasteiger partial charge in [0.2, 0.25) is 0 Å². The summed E-state index contributed by atoms with van der Waals surface area (Å²) in [6.45, 7) is 0. The maximum atomic E-state index is 12.5. The standard InChI is InChI=1S/C26H25N5O5S/c1-34-20-9-5-18(6-10-20)25-29-30-26(31(25)19-7-11-21(35-2)12-8-19)37-16-24(33)28-27-15-17-4-13-22(32)23(14-17)36-3/h4-15,32H,16H2,1-3H3,(H,28,33)/b27-15+. The number of carbonyl (C=O) groups excluding carboxylic acids is 1. The quantitative estimate of drug-likeness (QED) is 0.184. The fourth-order valence-corrected chi connectivity index (χ4v) is 4.11. The van der Waals surface area contributed by atoms with E-state index in [4.69, 9.17) is 14.2 Å². The number of phenolic OH excluding ortho intramolecular Hbond substituents is 1. The van der Waals surface area contributed by atoms with Gasteiger partial charge < -0.3 is 19.3 Å². The number of hydrogen-bond donors (Lipinski definition) is 2. The molecule has 3 aromatic carbocycles. The van der Waals surface area contributed by atoms with Crippen LogP contribution in [0.5, 0.6) is 23.0 Å². The summed E-state index contributed by atoms with van der Waals surface area (Å²) in [5.74, 6) is 2.16.